The van der Waals surface area contributed by atoms with E-state index >= 15 is 0 Å². The number of H-pyrrole nitrogens is 1. The van der Waals surface area contributed by atoms with E-state index in [0.717, 1.165) is 6.07 Å². The minimum atomic E-state index is -0.661. The number of benzene rings is 1. The van der Waals surface area contributed by atoms with Crippen molar-refractivity contribution in [2.75, 3.05) is 0 Å². The molecule has 0 aliphatic carbocycles. The highest BCUT2D eigenvalue weighted by Crippen LogP contribution is 2.30. The Morgan fingerprint density at radius 3 is 2.70 bits per heavy atom. The van der Waals surface area contributed by atoms with Gasteiger partial charge >= 0.3 is 0 Å². The van der Waals surface area contributed by atoms with Gasteiger partial charge in [0.15, 0.2) is 5.82 Å². The molecule has 0 radical (unpaired) electrons. The second-order valence-electron chi connectivity index (χ2n) is 5.11. The van der Waals surface area contributed by atoms with Crippen molar-refractivity contribution in [3.63, 3.8) is 0 Å². The molecule has 5 nitrogen and oxygen atoms in total. The summed E-state index contributed by atoms with van der Waals surface area (Å²) in [5, 5.41) is 6.87. The summed E-state index contributed by atoms with van der Waals surface area (Å²) in [5.74, 6) is 0.273. The van der Waals surface area contributed by atoms with E-state index in [1.807, 2.05) is 18.2 Å². The molecule has 114 valence electrons. The van der Waals surface area contributed by atoms with Crippen LogP contribution in [0.25, 0.3) is 28.4 Å². The zero-order valence-corrected chi connectivity index (χ0v) is 12.1. The third-order valence-electron chi connectivity index (χ3n) is 3.53. The Balaban J connectivity index is 2.01. The Bertz CT molecular complexity index is 1020. The number of aromatic amines is 1. The average molecular weight is 311 g/mol. The van der Waals surface area contributed by atoms with Gasteiger partial charge in [-0.25, -0.2) is 18.7 Å². The van der Waals surface area contributed by atoms with Gasteiger partial charge in [-0.05, 0) is 31.2 Å². The lowest BCUT2D eigenvalue weighted by Crippen LogP contribution is -1.90. The molecular weight excluding hydrogens is 300 g/mol. The van der Waals surface area contributed by atoms with Crippen LogP contribution in [0, 0.1) is 18.6 Å². The maximum Gasteiger partial charge on any atom is 0.217 e. The van der Waals surface area contributed by atoms with E-state index in [1.165, 1.54) is 12.1 Å². The van der Waals surface area contributed by atoms with Crippen LogP contribution in [0.4, 0.5) is 8.78 Å². The third kappa shape index (κ3) is 2.17. The highest BCUT2D eigenvalue weighted by Gasteiger charge is 2.19. The van der Waals surface area contributed by atoms with Crippen LogP contribution in [0.2, 0.25) is 0 Å². The topological polar surface area (TPSA) is 58.9 Å². The molecule has 0 spiro atoms. The molecule has 3 heterocycles. The second-order valence-corrected chi connectivity index (χ2v) is 5.11. The van der Waals surface area contributed by atoms with Gasteiger partial charge in [0, 0.05) is 17.8 Å². The number of aromatic nitrogens is 5. The molecule has 1 aromatic carbocycles. The van der Waals surface area contributed by atoms with Crippen LogP contribution in [-0.2, 0) is 0 Å². The van der Waals surface area contributed by atoms with Gasteiger partial charge in [0.05, 0.1) is 11.2 Å². The number of nitrogens with zero attached hydrogens (tertiary/aromatic N) is 4. The van der Waals surface area contributed by atoms with E-state index < -0.39 is 11.6 Å². The summed E-state index contributed by atoms with van der Waals surface area (Å²) in [6.07, 6.45) is 1.80. The molecule has 7 heteroatoms. The molecule has 0 fully saturated rings. The van der Waals surface area contributed by atoms with Crippen LogP contribution in [0.1, 0.15) is 5.82 Å². The van der Waals surface area contributed by atoms with Crippen molar-refractivity contribution < 1.29 is 8.78 Å². The van der Waals surface area contributed by atoms with E-state index in [1.54, 1.807) is 17.5 Å². The van der Waals surface area contributed by atoms with Crippen molar-refractivity contribution >= 4 is 5.52 Å². The van der Waals surface area contributed by atoms with Crippen LogP contribution in [-0.4, -0.2) is 24.6 Å². The Morgan fingerprint density at radius 2 is 1.96 bits per heavy atom. The molecule has 0 saturated carbocycles. The van der Waals surface area contributed by atoms with Gasteiger partial charge < -0.3 is 0 Å². The number of fused-ring (bicyclic) bond motifs is 1. The molecule has 1 N–H and O–H groups in total. The van der Waals surface area contributed by atoms with Crippen molar-refractivity contribution in [3.8, 4) is 22.9 Å². The maximum absolute atomic E-state index is 14.2. The van der Waals surface area contributed by atoms with Crippen LogP contribution in [0.5, 0.6) is 0 Å². The van der Waals surface area contributed by atoms with Gasteiger partial charge in [0.25, 0.3) is 0 Å². The van der Waals surface area contributed by atoms with Gasteiger partial charge in [-0.3, -0.25) is 9.50 Å². The fraction of sp³-hybridized carbons (Fsp3) is 0.0625. The smallest absolute Gasteiger partial charge is 0.217 e. The van der Waals surface area contributed by atoms with E-state index in [-0.39, 0.29) is 5.56 Å². The first-order chi connectivity index (χ1) is 11.1. The van der Waals surface area contributed by atoms with Crippen LogP contribution < -0.4 is 0 Å². The molecular formula is C16H11F2N5. The molecule has 4 rings (SSSR count). The number of pyridine rings is 1. The predicted molar refractivity (Wildman–Crippen MR) is 80.7 cm³/mol. The summed E-state index contributed by atoms with van der Waals surface area (Å²) in [6.45, 7) is 1.78. The lowest BCUT2D eigenvalue weighted by molar-refractivity contribution is 0.585. The molecule has 0 amide bonds. The normalized spacial score (nSPS) is 11.3. The summed E-state index contributed by atoms with van der Waals surface area (Å²) in [4.78, 5) is 8.76. The van der Waals surface area contributed by atoms with Gasteiger partial charge in [-0.15, -0.1) is 0 Å². The third-order valence-corrected chi connectivity index (χ3v) is 3.53. The minimum absolute atomic E-state index is 0.230. The van der Waals surface area contributed by atoms with Crippen LogP contribution in [0.15, 0.2) is 42.6 Å². The number of rotatable bonds is 2. The quantitative estimate of drug-likeness (QED) is 0.617. The van der Waals surface area contributed by atoms with Gasteiger partial charge in [-0.1, -0.05) is 6.07 Å². The minimum Gasteiger partial charge on any atom is -0.296 e. The zero-order valence-electron chi connectivity index (χ0n) is 12.1. The van der Waals surface area contributed by atoms with E-state index in [2.05, 4.69) is 20.2 Å². The molecule has 23 heavy (non-hydrogen) atoms. The summed E-state index contributed by atoms with van der Waals surface area (Å²) in [6, 6.07) is 8.92. The monoisotopic (exact) mass is 311 g/mol. The Labute approximate surface area is 129 Å². The average Bonchev–Trinajstić information content (AvgIpc) is 3.11. The SMILES string of the molecule is Cc1nc(-c2nc(-c3ccc(F)cc3F)c3ccccn23)n[nH]1. The number of halogens is 2. The number of hydrogen-bond acceptors (Lipinski definition) is 3. The lowest BCUT2D eigenvalue weighted by Gasteiger charge is -2.01. The summed E-state index contributed by atoms with van der Waals surface area (Å²) in [5.41, 5.74) is 1.34. The lowest BCUT2D eigenvalue weighted by atomic mass is 10.1. The van der Waals surface area contributed by atoms with Crippen LogP contribution >= 0.6 is 0 Å². The number of hydrogen-bond donors (Lipinski definition) is 1. The zero-order chi connectivity index (χ0) is 16.0. The van der Waals surface area contributed by atoms with Crippen molar-refractivity contribution in [1.29, 1.82) is 0 Å². The molecule has 0 unspecified atom stereocenters. The maximum atomic E-state index is 14.2. The highest BCUT2D eigenvalue weighted by atomic mass is 19.1. The van der Waals surface area contributed by atoms with E-state index in [4.69, 9.17) is 0 Å². The van der Waals surface area contributed by atoms with Crippen molar-refractivity contribution in [2.45, 2.75) is 6.92 Å². The van der Waals surface area contributed by atoms with E-state index in [0.29, 0.717) is 28.7 Å². The van der Waals surface area contributed by atoms with Crippen molar-refractivity contribution in [1.82, 2.24) is 24.6 Å². The Hall–Kier alpha value is -3.09. The molecule has 0 aliphatic rings. The Morgan fingerprint density at radius 1 is 1.09 bits per heavy atom. The fourth-order valence-electron chi connectivity index (χ4n) is 2.52. The fourth-order valence-corrected chi connectivity index (χ4v) is 2.52. The molecule has 0 bridgehead atoms. The number of imidazole rings is 1. The van der Waals surface area contributed by atoms with Gasteiger partial charge in [-0.2, -0.15) is 5.10 Å². The van der Waals surface area contributed by atoms with Crippen molar-refractivity contribution in [3.05, 3.63) is 60.1 Å². The molecule has 0 saturated heterocycles. The first kappa shape index (κ1) is 13.6. The summed E-state index contributed by atoms with van der Waals surface area (Å²) in [7, 11) is 0. The molecule has 0 atom stereocenters. The second kappa shape index (κ2) is 4.98. The number of nitrogens with one attached hydrogen (secondary N) is 1. The van der Waals surface area contributed by atoms with Crippen LogP contribution in [0.3, 0.4) is 0 Å². The summed E-state index contributed by atoms with van der Waals surface area (Å²) >= 11 is 0. The summed E-state index contributed by atoms with van der Waals surface area (Å²) < 4.78 is 29.1. The largest absolute Gasteiger partial charge is 0.296 e. The standard InChI is InChI=1S/C16H11F2N5/c1-9-19-15(22-21-9)16-20-14(13-4-2-3-7-23(13)16)11-6-5-10(17)8-12(11)18/h2-8H,1H3,(H,19,21,22). The molecule has 3 aromatic heterocycles. The Kier molecular flexibility index (Phi) is 2.94. The van der Waals surface area contributed by atoms with E-state index in [9.17, 15) is 8.78 Å². The highest BCUT2D eigenvalue weighted by molar-refractivity contribution is 5.80. The first-order valence-corrected chi connectivity index (χ1v) is 6.95. The van der Waals surface area contributed by atoms with Gasteiger partial charge in [0.1, 0.15) is 17.5 Å². The predicted octanol–water partition coefficient (Wildman–Crippen LogP) is 3.37. The van der Waals surface area contributed by atoms with Gasteiger partial charge in [0.2, 0.25) is 5.82 Å². The molecule has 0 aliphatic heterocycles. The number of aryl methyl sites for hydroxylation is 1. The van der Waals surface area contributed by atoms with Crippen molar-refractivity contribution in [2.24, 2.45) is 0 Å². The molecule has 4 aromatic rings. The first-order valence-electron chi connectivity index (χ1n) is 6.95.